The molecule has 0 aliphatic heterocycles. The maximum absolute atomic E-state index is 9.00. The molecule has 3 N–H and O–H groups in total. The van der Waals surface area contributed by atoms with Crippen molar-refractivity contribution in [3.05, 3.63) is 0 Å². The summed E-state index contributed by atoms with van der Waals surface area (Å²) in [6.07, 6.45) is 0. The van der Waals surface area contributed by atoms with Crippen LogP contribution in [-0.2, 0) is 36.3 Å². The molecule has 0 aromatic heterocycles. The second kappa shape index (κ2) is 29.2. The van der Waals surface area contributed by atoms with E-state index in [9.17, 15) is 0 Å². The van der Waals surface area contributed by atoms with Crippen LogP contribution in [0.4, 0.5) is 0 Å². The third-order valence-electron chi connectivity index (χ3n) is 0.0373. The molecule has 0 atom stereocenters. The van der Waals surface area contributed by atoms with Gasteiger partial charge in [-0.3, -0.25) is 9.59 Å². The topological polar surface area (TPSA) is 121 Å². The average molecular weight is 378 g/mol. The summed E-state index contributed by atoms with van der Waals surface area (Å²) in [7, 11) is 0. The van der Waals surface area contributed by atoms with E-state index in [-0.39, 0.29) is 86.0 Å². The molecule has 0 unspecified atom stereocenters. The summed E-state index contributed by atoms with van der Waals surface area (Å²) in [5.41, 5.74) is 0. The number of hydrogen-bond donors (Lipinski definition) is 3. The summed E-state index contributed by atoms with van der Waals surface area (Å²) >= 11 is 0. The fraction of sp³-hybridized carbons (Fsp3) is 0.400. The minimum atomic E-state index is -0.833. The maximum Gasteiger partial charge on any atom is 1.00 e. The van der Waals surface area contributed by atoms with Crippen LogP contribution in [0.15, 0.2) is 0 Å². The smallest absolute Gasteiger partial charge is 0.509 e. The van der Waals surface area contributed by atoms with Gasteiger partial charge in [0.1, 0.15) is 0 Å². The molecule has 0 amide bonds. The molecule has 0 rings (SSSR count). The van der Waals surface area contributed by atoms with Crippen LogP contribution in [0.1, 0.15) is 13.8 Å². The van der Waals surface area contributed by atoms with E-state index in [0.717, 1.165) is 20.3 Å². The summed E-state index contributed by atoms with van der Waals surface area (Å²) in [5.74, 6) is -1.67. The number of carbonyl (C=O) groups excluding carboxylic acids is 1. The van der Waals surface area contributed by atoms with Crippen molar-refractivity contribution in [3.63, 3.8) is 0 Å². The predicted molar refractivity (Wildman–Crippen MR) is 41.8 cm³/mol. The van der Waals surface area contributed by atoms with Crippen molar-refractivity contribution in [2.75, 3.05) is 0 Å². The van der Waals surface area contributed by atoms with Gasteiger partial charge in [-0.1, -0.05) is 0 Å². The number of carbonyl (C=O) groups is 2. The van der Waals surface area contributed by atoms with E-state index >= 15 is 0 Å². The number of carboxylic acid groups (broad SMARTS) is 2. The van der Waals surface area contributed by atoms with Crippen molar-refractivity contribution < 1.29 is 51.8 Å². The molecule has 0 spiro atoms. The first-order chi connectivity index (χ1) is 5.38. The SMILES string of the molecule is CC(=O)O.CC(=O)O.O=[C-]OO.[Cs].[Cu+]. The molecule has 0 aliphatic rings. The van der Waals surface area contributed by atoms with Crippen LogP contribution < -0.4 is 0 Å². The Bertz CT molecular complexity index is 120. The van der Waals surface area contributed by atoms with E-state index in [2.05, 4.69) is 4.89 Å². The Labute approximate surface area is 150 Å². The number of rotatable bonds is 1. The second-order valence-electron chi connectivity index (χ2n) is 1.21. The molecule has 0 saturated carbocycles. The van der Waals surface area contributed by atoms with Crippen LogP contribution in [0, 0.1) is 0 Å². The van der Waals surface area contributed by atoms with Crippen molar-refractivity contribution in [3.8, 4) is 0 Å². The molecule has 0 bridgehead atoms. The van der Waals surface area contributed by atoms with Gasteiger partial charge in [0.05, 0.1) is 0 Å². The van der Waals surface area contributed by atoms with Crippen LogP contribution in [0.25, 0.3) is 0 Å². The largest absolute Gasteiger partial charge is 1.00 e. The van der Waals surface area contributed by atoms with Crippen molar-refractivity contribution >= 4 is 87.3 Å². The Hall–Kier alpha value is 0.941. The van der Waals surface area contributed by atoms with E-state index in [1.165, 1.54) is 0 Å². The van der Waals surface area contributed by atoms with Gasteiger partial charge in [0, 0.05) is 82.7 Å². The number of aliphatic carboxylic acids is 2. The van der Waals surface area contributed by atoms with Gasteiger partial charge in [0.25, 0.3) is 11.9 Å². The molecular weight excluding hydrogens is 368 g/mol. The van der Waals surface area contributed by atoms with E-state index < -0.39 is 11.9 Å². The van der Waals surface area contributed by atoms with Crippen LogP contribution in [0.5, 0.6) is 0 Å². The third kappa shape index (κ3) is 490. The number of carboxylic acids is 2. The van der Waals surface area contributed by atoms with Crippen LogP contribution in [0.2, 0.25) is 0 Å². The van der Waals surface area contributed by atoms with Crippen LogP contribution in [-0.4, -0.2) is 103 Å². The Morgan fingerprint density at radius 1 is 1.14 bits per heavy atom. The van der Waals surface area contributed by atoms with Gasteiger partial charge in [-0.2, -0.15) is 0 Å². The average Bonchev–Trinajstić information content (AvgIpc) is 1.85. The Kier molecular flexibility index (Phi) is 61.3. The molecule has 0 fully saturated rings. The van der Waals surface area contributed by atoms with Crippen molar-refractivity contribution in [1.82, 2.24) is 0 Å². The molecule has 0 heterocycles. The van der Waals surface area contributed by atoms with E-state index in [1.54, 1.807) is 0 Å². The summed E-state index contributed by atoms with van der Waals surface area (Å²) in [4.78, 5) is 29.3. The van der Waals surface area contributed by atoms with Gasteiger partial charge in [0.2, 0.25) is 0 Å². The van der Waals surface area contributed by atoms with Gasteiger partial charge >= 0.3 is 17.1 Å². The predicted octanol–water partition coefficient (Wildman–Crippen LogP) is -0.658. The van der Waals surface area contributed by atoms with Gasteiger partial charge in [0.15, 0.2) is 0 Å². The molecule has 9 heteroatoms. The minimum absolute atomic E-state index is 0. The maximum atomic E-state index is 9.00. The van der Waals surface area contributed by atoms with E-state index in [1.807, 2.05) is 0 Å². The molecule has 1 radical (unpaired) electrons. The van der Waals surface area contributed by atoms with Crippen molar-refractivity contribution in [2.45, 2.75) is 13.8 Å². The first kappa shape index (κ1) is 29.4. The molecule has 0 aromatic rings. The fourth-order valence-electron chi connectivity index (χ4n) is 0. The molecular formula is C5H9CsCuO7. The van der Waals surface area contributed by atoms with E-state index in [0.29, 0.717) is 0 Å². The molecule has 0 saturated heterocycles. The quantitative estimate of drug-likeness (QED) is 0.240. The van der Waals surface area contributed by atoms with Gasteiger partial charge in [-0.25, -0.2) is 5.26 Å². The summed E-state index contributed by atoms with van der Waals surface area (Å²) in [6, 6.07) is 0. The zero-order valence-corrected chi connectivity index (χ0v) is 15.0. The molecule has 14 heavy (non-hydrogen) atoms. The summed E-state index contributed by atoms with van der Waals surface area (Å²) in [6.45, 7) is 2.90. The summed E-state index contributed by atoms with van der Waals surface area (Å²) in [5, 5.41) is 21.8. The molecule has 83 valence electrons. The third-order valence-corrected chi connectivity index (χ3v) is 0.0373. The Morgan fingerprint density at radius 3 is 1.21 bits per heavy atom. The van der Waals surface area contributed by atoms with Gasteiger partial charge in [-0.05, 0) is 6.47 Å². The molecule has 0 aromatic carbocycles. The standard InChI is InChI=1S/2C2H4O2.CHO3.Cs.Cu/c2*1-2(3)4;2-1-4-3;;/h2*1H3,(H,3,4);3H;;/q;;-1;;+1. The van der Waals surface area contributed by atoms with E-state index in [4.69, 9.17) is 29.9 Å². The normalized spacial score (nSPS) is 5.07. The Morgan fingerprint density at radius 2 is 1.21 bits per heavy atom. The fourth-order valence-corrected chi connectivity index (χ4v) is 0. The van der Waals surface area contributed by atoms with Gasteiger partial charge in [-0.15, -0.1) is 0 Å². The number of hydrogen-bond acceptors (Lipinski definition) is 5. The zero-order chi connectivity index (χ0) is 10.6. The second-order valence-corrected chi connectivity index (χ2v) is 1.21. The first-order valence-electron chi connectivity index (χ1n) is 2.45. The minimum Gasteiger partial charge on any atom is -0.509 e. The van der Waals surface area contributed by atoms with Crippen LogP contribution in [0.3, 0.4) is 0 Å². The van der Waals surface area contributed by atoms with Crippen molar-refractivity contribution in [1.29, 1.82) is 0 Å². The first-order valence-corrected chi connectivity index (χ1v) is 2.45. The van der Waals surface area contributed by atoms with Gasteiger partial charge < -0.3 is 19.9 Å². The zero-order valence-electron chi connectivity index (χ0n) is 7.78. The monoisotopic (exact) mass is 377 g/mol. The summed E-state index contributed by atoms with van der Waals surface area (Å²) < 4.78 is 0. The van der Waals surface area contributed by atoms with Crippen molar-refractivity contribution in [2.24, 2.45) is 0 Å². The molecule has 7 nitrogen and oxygen atoms in total. The Balaban J connectivity index is -0.0000000270. The molecule has 0 aliphatic carbocycles. The van der Waals surface area contributed by atoms with Crippen LogP contribution >= 0.6 is 0 Å².